The van der Waals surface area contributed by atoms with Crippen LogP contribution in [0, 0.1) is 0 Å². The lowest BCUT2D eigenvalue weighted by Gasteiger charge is -2.29. The minimum atomic E-state index is 0.586. The quantitative estimate of drug-likeness (QED) is 0.830. The molecule has 0 atom stereocenters. The molecule has 0 radical (unpaired) electrons. The summed E-state index contributed by atoms with van der Waals surface area (Å²) >= 11 is 0. The molecule has 1 heterocycles. The van der Waals surface area contributed by atoms with Gasteiger partial charge in [0.25, 0.3) is 0 Å². The van der Waals surface area contributed by atoms with Crippen LogP contribution >= 0.6 is 0 Å². The molecule has 0 aromatic heterocycles. The molecule has 1 aliphatic heterocycles. The van der Waals surface area contributed by atoms with Gasteiger partial charge in [-0.1, -0.05) is 6.58 Å². The Morgan fingerprint density at radius 1 is 1.41 bits per heavy atom. The van der Waals surface area contributed by atoms with Crippen LogP contribution in [0.25, 0.3) is 5.70 Å². The maximum atomic E-state index is 5.75. The first-order valence-corrected chi connectivity index (χ1v) is 5.81. The van der Waals surface area contributed by atoms with Crippen LogP contribution in [0.5, 0.6) is 0 Å². The molecular formula is C13H19N3O. The summed E-state index contributed by atoms with van der Waals surface area (Å²) in [4.78, 5) is 2.31. The second kappa shape index (κ2) is 5.10. The SMILES string of the molecule is C=C(N)c1ccc(N2CCOCC2)cc1NC. The van der Waals surface area contributed by atoms with Crippen LogP contribution in [-0.4, -0.2) is 33.4 Å². The van der Waals surface area contributed by atoms with Crippen LogP contribution in [0.15, 0.2) is 24.8 Å². The average molecular weight is 233 g/mol. The largest absolute Gasteiger partial charge is 0.399 e. The topological polar surface area (TPSA) is 50.5 Å². The van der Waals surface area contributed by atoms with Gasteiger partial charge < -0.3 is 20.7 Å². The van der Waals surface area contributed by atoms with E-state index in [4.69, 9.17) is 10.5 Å². The standard InChI is InChI=1S/C13H19N3O/c1-10(14)12-4-3-11(9-13(12)15-2)16-5-7-17-8-6-16/h3-4,9,15H,1,5-8,14H2,2H3. The Labute approximate surface area is 102 Å². The van der Waals surface area contributed by atoms with Crippen LogP contribution in [0.2, 0.25) is 0 Å². The molecule has 0 aliphatic carbocycles. The van der Waals surface area contributed by atoms with E-state index in [0.29, 0.717) is 5.70 Å². The molecular weight excluding hydrogens is 214 g/mol. The molecule has 0 amide bonds. The Bertz CT molecular complexity index is 411. The second-order valence-electron chi connectivity index (χ2n) is 4.10. The molecule has 1 aliphatic rings. The Morgan fingerprint density at radius 2 is 2.12 bits per heavy atom. The molecule has 4 heteroatoms. The minimum Gasteiger partial charge on any atom is -0.399 e. The Morgan fingerprint density at radius 3 is 2.71 bits per heavy atom. The third-order valence-electron chi connectivity index (χ3n) is 2.99. The maximum absolute atomic E-state index is 5.75. The van der Waals surface area contributed by atoms with Gasteiger partial charge >= 0.3 is 0 Å². The Kier molecular flexibility index (Phi) is 3.54. The molecule has 1 aromatic rings. The van der Waals surface area contributed by atoms with Gasteiger partial charge in [-0.25, -0.2) is 0 Å². The van der Waals surface area contributed by atoms with E-state index in [0.717, 1.165) is 37.6 Å². The van der Waals surface area contributed by atoms with Crippen molar-refractivity contribution >= 4 is 17.1 Å². The van der Waals surface area contributed by atoms with Gasteiger partial charge in [0.1, 0.15) is 0 Å². The molecule has 17 heavy (non-hydrogen) atoms. The summed E-state index contributed by atoms with van der Waals surface area (Å²) in [6, 6.07) is 6.21. The highest BCUT2D eigenvalue weighted by molar-refractivity contribution is 5.76. The Hall–Kier alpha value is -1.68. The highest BCUT2D eigenvalue weighted by Crippen LogP contribution is 2.26. The molecule has 92 valence electrons. The molecule has 1 saturated heterocycles. The predicted octanol–water partition coefficient (Wildman–Crippen LogP) is 1.49. The summed E-state index contributed by atoms with van der Waals surface area (Å²) in [5, 5.41) is 3.16. The van der Waals surface area contributed by atoms with Gasteiger partial charge in [0, 0.05) is 42.8 Å². The number of anilines is 2. The lowest BCUT2D eigenvalue weighted by atomic mass is 10.1. The summed E-state index contributed by atoms with van der Waals surface area (Å²) in [7, 11) is 1.89. The molecule has 4 nitrogen and oxygen atoms in total. The van der Waals surface area contributed by atoms with Crippen molar-refractivity contribution in [2.75, 3.05) is 43.6 Å². The third-order valence-corrected chi connectivity index (χ3v) is 2.99. The van der Waals surface area contributed by atoms with Crippen LogP contribution in [0.3, 0.4) is 0 Å². The number of ether oxygens (including phenoxy) is 1. The Balaban J connectivity index is 2.27. The summed E-state index contributed by atoms with van der Waals surface area (Å²) in [6.07, 6.45) is 0. The van der Waals surface area contributed by atoms with Crippen LogP contribution in [-0.2, 0) is 4.74 Å². The van der Waals surface area contributed by atoms with E-state index in [1.807, 2.05) is 13.1 Å². The zero-order valence-corrected chi connectivity index (χ0v) is 10.2. The van der Waals surface area contributed by atoms with Crippen molar-refractivity contribution in [2.45, 2.75) is 0 Å². The average Bonchev–Trinajstić information content (AvgIpc) is 2.39. The van der Waals surface area contributed by atoms with Gasteiger partial charge in [-0.15, -0.1) is 0 Å². The van der Waals surface area contributed by atoms with E-state index >= 15 is 0 Å². The van der Waals surface area contributed by atoms with Crippen molar-refractivity contribution in [3.05, 3.63) is 30.3 Å². The fourth-order valence-electron chi connectivity index (χ4n) is 2.04. The first-order valence-electron chi connectivity index (χ1n) is 5.81. The molecule has 1 aromatic carbocycles. The lowest BCUT2D eigenvalue weighted by Crippen LogP contribution is -2.36. The number of rotatable bonds is 3. The lowest BCUT2D eigenvalue weighted by molar-refractivity contribution is 0.122. The number of hydrogen-bond acceptors (Lipinski definition) is 4. The van der Waals surface area contributed by atoms with Gasteiger partial charge in [-0.3, -0.25) is 0 Å². The van der Waals surface area contributed by atoms with E-state index in [-0.39, 0.29) is 0 Å². The third kappa shape index (κ3) is 2.53. The molecule has 1 fully saturated rings. The van der Waals surface area contributed by atoms with Crippen molar-refractivity contribution in [1.82, 2.24) is 0 Å². The summed E-state index contributed by atoms with van der Waals surface area (Å²) in [5.74, 6) is 0. The van der Waals surface area contributed by atoms with E-state index in [2.05, 4.69) is 28.9 Å². The normalized spacial score (nSPS) is 15.7. The van der Waals surface area contributed by atoms with E-state index < -0.39 is 0 Å². The van der Waals surface area contributed by atoms with Gasteiger partial charge in [-0.05, 0) is 18.2 Å². The van der Waals surface area contributed by atoms with Gasteiger partial charge in [-0.2, -0.15) is 0 Å². The van der Waals surface area contributed by atoms with Crippen molar-refractivity contribution < 1.29 is 4.74 Å². The summed E-state index contributed by atoms with van der Waals surface area (Å²) in [5.41, 5.74) is 9.51. The molecule has 0 unspecified atom stereocenters. The molecule has 0 spiro atoms. The number of nitrogens with zero attached hydrogens (tertiary/aromatic N) is 1. The zero-order valence-electron chi connectivity index (χ0n) is 10.2. The number of benzene rings is 1. The summed E-state index contributed by atoms with van der Waals surface area (Å²) in [6.45, 7) is 7.24. The highest BCUT2D eigenvalue weighted by atomic mass is 16.5. The van der Waals surface area contributed by atoms with E-state index in [1.165, 1.54) is 5.69 Å². The van der Waals surface area contributed by atoms with Gasteiger partial charge in [0.05, 0.1) is 13.2 Å². The van der Waals surface area contributed by atoms with Crippen LogP contribution in [0.4, 0.5) is 11.4 Å². The molecule has 3 N–H and O–H groups in total. The fraction of sp³-hybridized carbons (Fsp3) is 0.385. The van der Waals surface area contributed by atoms with E-state index in [1.54, 1.807) is 0 Å². The van der Waals surface area contributed by atoms with Crippen molar-refractivity contribution in [2.24, 2.45) is 5.73 Å². The van der Waals surface area contributed by atoms with Gasteiger partial charge in [0.2, 0.25) is 0 Å². The summed E-state index contributed by atoms with van der Waals surface area (Å²) < 4.78 is 5.35. The smallest absolute Gasteiger partial charge is 0.0642 e. The molecule has 0 bridgehead atoms. The van der Waals surface area contributed by atoms with Crippen LogP contribution < -0.4 is 16.0 Å². The first kappa shape index (κ1) is 11.8. The maximum Gasteiger partial charge on any atom is 0.0642 e. The fourth-order valence-corrected chi connectivity index (χ4v) is 2.04. The minimum absolute atomic E-state index is 0.586. The zero-order chi connectivity index (χ0) is 12.3. The second-order valence-corrected chi connectivity index (χ2v) is 4.10. The monoisotopic (exact) mass is 233 g/mol. The number of hydrogen-bond donors (Lipinski definition) is 2. The number of nitrogens with one attached hydrogen (secondary N) is 1. The first-order chi connectivity index (χ1) is 8.22. The van der Waals surface area contributed by atoms with Crippen molar-refractivity contribution in [1.29, 1.82) is 0 Å². The number of morpholine rings is 1. The van der Waals surface area contributed by atoms with Crippen molar-refractivity contribution in [3.63, 3.8) is 0 Å². The molecule has 2 rings (SSSR count). The number of nitrogens with two attached hydrogens (primary N) is 1. The van der Waals surface area contributed by atoms with E-state index in [9.17, 15) is 0 Å². The predicted molar refractivity (Wildman–Crippen MR) is 72.2 cm³/mol. The van der Waals surface area contributed by atoms with Gasteiger partial charge in [0.15, 0.2) is 0 Å². The molecule has 0 saturated carbocycles. The highest BCUT2D eigenvalue weighted by Gasteiger charge is 2.12. The van der Waals surface area contributed by atoms with Crippen LogP contribution in [0.1, 0.15) is 5.56 Å². The van der Waals surface area contributed by atoms with Crippen molar-refractivity contribution in [3.8, 4) is 0 Å².